The molecule has 2 fully saturated rings. The van der Waals surface area contributed by atoms with Crippen LogP contribution in [0.15, 0.2) is 0 Å². The SMILES string of the molecule is CCCCC1(O)CCN2CCCC2C1. The minimum absolute atomic E-state index is 0.318. The first-order chi connectivity index (χ1) is 6.73. The maximum absolute atomic E-state index is 10.4. The smallest absolute Gasteiger partial charge is 0.0674 e. The Morgan fingerprint density at radius 3 is 3.07 bits per heavy atom. The summed E-state index contributed by atoms with van der Waals surface area (Å²) in [5.74, 6) is 0. The number of aliphatic hydroxyl groups is 1. The van der Waals surface area contributed by atoms with Gasteiger partial charge < -0.3 is 10.0 Å². The maximum atomic E-state index is 10.4. The molecular formula is C12H23NO. The zero-order valence-corrected chi connectivity index (χ0v) is 9.34. The molecule has 2 heterocycles. The van der Waals surface area contributed by atoms with E-state index in [0.717, 1.165) is 25.8 Å². The van der Waals surface area contributed by atoms with Crippen LogP contribution in [0.2, 0.25) is 0 Å². The molecule has 2 rings (SSSR count). The van der Waals surface area contributed by atoms with Gasteiger partial charge in [0.15, 0.2) is 0 Å². The first-order valence-electron chi connectivity index (χ1n) is 6.20. The minimum atomic E-state index is -0.318. The second-order valence-corrected chi connectivity index (χ2v) is 5.11. The molecule has 0 radical (unpaired) electrons. The summed E-state index contributed by atoms with van der Waals surface area (Å²) in [6, 6.07) is 0.700. The van der Waals surface area contributed by atoms with Crippen molar-refractivity contribution in [2.45, 2.75) is 63.5 Å². The molecule has 2 heteroatoms. The quantitative estimate of drug-likeness (QED) is 0.749. The Bertz CT molecular complexity index is 195. The van der Waals surface area contributed by atoms with Crippen LogP contribution in [-0.2, 0) is 0 Å². The van der Waals surface area contributed by atoms with Crippen LogP contribution in [0.25, 0.3) is 0 Å². The summed E-state index contributed by atoms with van der Waals surface area (Å²) in [7, 11) is 0. The highest BCUT2D eigenvalue weighted by atomic mass is 16.3. The van der Waals surface area contributed by atoms with Crippen molar-refractivity contribution in [3.63, 3.8) is 0 Å². The summed E-state index contributed by atoms with van der Waals surface area (Å²) in [6.07, 6.45) is 8.10. The average molecular weight is 197 g/mol. The molecule has 0 aromatic carbocycles. The Morgan fingerprint density at radius 1 is 1.43 bits per heavy atom. The van der Waals surface area contributed by atoms with Gasteiger partial charge in [-0.1, -0.05) is 19.8 Å². The van der Waals surface area contributed by atoms with Gasteiger partial charge in [-0.2, -0.15) is 0 Å². The number of fused-ring (bicyclic) bond motifs is 1. The zero-order chi connectivity index (χ0) is 10.0. The fourth-order valence-corrected chi connectivity index (χ4v) is 3.05. The van der Waals surface area contributed by atoms with E-state index in [9.17, 15) is 5.11 Å². The molecule has 2 nitrogen and oxygen atoms in total. The molecule has 1 N–H and O–H groups in total. The summed E-state index contributed by atoms with van der Waals surface area (Å²) in [5, 5.41) is 10.4. The fraction of sp³-hybridized carbons (Fsp3) is 1.00. The van der Waals surface area contributed by atoms with Gasteiger partial charge in [0.1, 0.15) is 0 Å². The van der Waals surface area contributed by atoms with Gasteiger partial charge in [0.05, 0.1) is 5.60 Å². The van der Waals surface area contributed by atoms with Gasteiger partial charge in [0, 0.05) is 12.6 Å². The van der Waals surface area contributed by atoms with Gasteiger partial charge in [-0.3, -0.25) is 0 Å². The minimum Gasteiger partial charge on any atom is -0.390 e. The lowest BCUT2D eigenvalue weighted by molar-refractivity contribution is -0.0432. The summed E-state index contributed by atoms with van der Waals surface area (Å²) in [5.41, 5.74) is -0.318. The Morgan fingerprint density at radius 2 is 2.29 bits per heavy atom. The Labute approximate surface area is 87.3 Å². The molecule has 0 aliphatic carbocycles. The highest BCUT2D eigenvalue weighted by Gasteiger charge is 2.39. The van der Waals surface area contributed by atoms with Crippen LogP contribution in [0, 0.1) is 0 Å². The Balaban J connectivity index is 1.89. The van der Waals surface area contributed by atoms with Crippen LogP contribution in [0.5, 0.6) is 0 Å². The van der Waals surface area contributed by atoms with Gasteiger partial charge in [0.25, 0.3) is 0 Å². The lowest BCUT2D eigenvalue weighted by Gasteiger charge is -2.41. The van der Waals surface area contributed by atoms with Gasteiger partial charge in [-0.15, -0.1) is 0 Å². The first kappa shape index (κ1) is 10.4. The van der Waals surface area contributed by atoms with Gasteiger partial charge >= 0.3 is 0 Å². The summed E-state index contributed by atoms with van der Waals surface area (Å²) < 4.78 is 0. The molecule has 82 valence electrons. The highest BCUT2D eigenvalue weighted by Crippen LogP contribution is 2.35. The summed E-state index contributed by atoms with van der Waals surface area (Å²) in [6.45, 7) is 4.60. The van der Waals surface area contributed by atoms with E-state index in [1.807, 2.05) is 0 Å². The second kappa shape index (κ2) is 4.19. The van der Waals surface area contributed by atoms with Crippen molar-refractivity contribution in [2.75, 3.05) is 13.1 Å². The van der Waals surface area contributed by atoms with E-state index in [0.29, 0.717) is 6.04 Å². The third-order valence-electron chi connectivity index (χ3n) is 3.97. The second-order valence-electron chi connectivity index (χ2n) is 5.11. The van der Waals surface area contributed by atoms with Gasteiger partial charge in [-0.25, -0.2) is 0 Å². The van der Waals surface area contributed by atoms with Crippen LogP contribution in [0.3, 0.4) is 0 Å². The van der Waals surface area contributed by atoms with E-state index in [4.69, 9.17) is 0 Å². The summed E-state index contributed by atoms with van der Waals surface area (Å²) >= 11 is 0. The lowest BCUT2D eigenvalue weighted by atomic mass is 9.83. The molecule has 0 aromatic heterocycles. The lowest BCUT2D eigenvalue weighted by Crippen LogP contribution is -2.47. The molecule has 0 bridgehead atoms. The van der Waals surface area contributed by atoms with Crippen molar-refractivity contribution in [2.24, 2.45) is 0 Å². The topological polar surface area (TPSA) is 23.5 Å². The predicted molar refractivity (Wildman–Crippen MR) is 58.3 cm³/mol. The van der Waals surface area contributed by atoms with Crippen molar-refractivity contribution in [1.82, 2.24) is 4.90 Å². The third-order valence-corrected chi connectivity index (χ3v) is 3.97. The van der Waals surface area contributed by atoms with E-state index >= 15 is 0 Å². The molecule has 0 aromatic rings. The average Bonchev–Trinajstić information content (AvgIpc) is 2.61. The number of piperidine rings is 1. The van der Waals surface area contributed by atoms with Crippen LogP contribution in [-0.4, -0.2) is 34.7 Å². The molecule has 2 atom stereocenters. The number of hydrogen-bond acceptors (Lipinski definition) is 2. The van der Waals surface area contributed by atoms with E-state index in [1.54, 1.807) is 0 Å². The van der Waals surface area contributed by atoms with Gasteiger partial charge in [-0.05, 0) is 38.6 Å². The van der Waals surface area contributed by atoms with Crippen molar-refractivity contribution < 1.29 is 5.11 Å². The van der Waals surface area contributed by atoms with Crippen LogP contribution >= 0.6 is 0 Å². The van der Waals surface area contributed by atoms with Crippen molar-refractivity contribution >= 4 is 0 Å². The van der Waals surface area contributed by atoms with Crippen LogP contribution in [0.4, 0.5) is 0 Å². The molecule has 0 spiro atoms. The Hall–Kier alpha value is -0.0800. The van der Waals surface area contributed by atoms with Crippen LogP contribution < -0.4 is 0 Å². The third kappa shape index (κ3) is 2.12. The number of unbranched alkanes of at least 4 members (excludes halogenated alkanes) is 1. The number of nitrogens with zero attached hydrogens (tertiary/aromatic N) is 1. The first-order valence-corrected chi connectivity index (χ1v) is 6.20. The predicted octanol–water partition coefficient (Wildman–Crippen LogP) is 2.17. The van der Waals surface area contributed by atoms with E-state index < -0.39 is 0 Å². The van der Waals surface area contributed by atoms with E-state index in [-0.39, 0.29) is 5.60 Å². The van der Waals surface area contributed by atoms with Crippen molar-refractivity contribution in [1.29, 1.82) is 0 Å². The Kier molecular flexibility index (Phi) is 3.13. The molecule has 2 unspecified atom stereocenters. The standard InChI is InChI=1S/C12H23NO/c1-2-3-6-12(14)7-9-13-8-4-5-11(13)10-12/h11,14H,2-10H2,1H3. The summed E-state index contributed by atoms with van der Waals surface area (Å²) in [4.78, 5) is 2.57. The zero-order valence-electron chi connectivity index (χ0n) is 9.34. The van der Waals surface area contributed by atoms with Crippen molar-refractivity contribution in [3.8, 4) is 0 Å². The van der Waals surface area contributed by atoms with Crippen molar-refractivity contribution in [3.05, 3.63) is 0 Å². The fourth-order valence-electron chi connectivity index (χ4n) is 3.05. The molecule has 14 heavy (non-hydrogen) atoms. The highest BCUT2D eigenvalue weighted by molar-refractivity contribution is 4.94. The van der Waals surface area contributed by atoms with Gasteiger partial charge in [0.2, 0.25) is 0 Å². The molecule has 2 aliphatic rings. The molecular weight excluding hydrogens is 174 g/mol. The van der Waals surface area contributed by atoms with Crippen LogP contribution in [0.1, 0.15) is 51.9 Å². The molecule has 0 saturated carbocycles. The number of rotatable bonds is 3. The monoisotopic (exact) mass is 197 g/mol. The normalized spacial score (nSPS) is 38.6. The molecule has 2 saturated heterocycles. The van der Waals surface area contributed by atoms with E-state index in [2.05, 4.69) is 11.8 Å². The van der Waals surface area contributed by atoms with E-state index in [1.165, 1.54) is 32.2 Å². The molecule has 2 aliphatic heterocycles. The molecule has 0 amide bonds. The maximum Gasteiger partial charge on any atom is 0.0674 e. The number of hydrogen-bond donors (Lipinski definition) is 1. The largest absolute Gasteiger partial charge is 0.390 e.